The number of hydrogen-bond donors (Lipinski definition) is 1. The molecule has 0 radical (unpaired) electrons. The Hall–Kier alpha value is -1.65. The summed E-state index contributed by atoms with van der Waals surface area (Å²) in [7, 11) is 0. The molecule has 2 rings (SSSR count). The SMILES string of the molecule is CCN(C(=O)c1ccc(N)nn1)C1CCCCC1. The highest BCUT2D eigenvalue weighted by Gasteiger charge is 2.25. The first-order valence-corrected chi connectivity index (χ1v) is 6.62. The van der Waals surface area contributed by atoms with E-state index in [4.69, 9.17) is 5.73 Å². The summed E-state index contributed by atoms with van der Waals surface area (Å²) in [6, 6.07) is 3.63. The lowest BCUT2D eigenvalue weighted by molar-refractivity contribution is 0.0641. The molecular formula is C13H20N4O. The Bertz CT molecular complexity index is 398. The minimum atomic E-state index is -0.0306. The van der Waals surface area contributed by atoms with Crippen LogP contribution in [0.15, 0.2) is 12.1 Å². The van der Waals surface area contributed by atoms with Crippen molar-refractivity contribution in [1.29, 1.82) is 0 Å². The van der Waals surface area contributed by atoms with Gasteiger partial charge in [-0.15, -0.1) is 10.2 Å². The molecule has 1 aromatic heterocycles. The lowest BCUT2D eigenvalue weighted by atomic mass is 9.94. The summed E-state index contributed by atoms with van der Waals surface area (Å²) in [5.41, 5.74) is 5.87. The molecule has 0 unspecified atom stereocenters. The van der Waals surface area contributed by atoms with Gasteiger partial charge in [0.1, 0.15) is 5.82 Å². The Morgan fingerprint density at radius 3 is 2.61 bits per heavy atom. The predicted molar refractivity (Wildman–Crippen MR) is 70.0 cm³/mol. The van der Waals surface area contributed by atoms with Crippen LogP contribution in [0.5, 0.6) is 0 Å². The molecule has 1 aliphatic carbocycles. The first-order chi connectivity index (χ1) is 8.72. The van der Waals surface area contributed by atoms with Gasteiger partial charge in [0.25, 0.3) is 5.91 Å². The molecule has 18 heavy (non-hydrogen) atoms. The second-order valence-electron chi connectivity index (χ2n) is 4.73. The van der Waals surface area contributed by atoms with Crippen LogP contribution in [0.25, 0.3) is 0 Å². The van der Waals surface area contributed by atoms with E-state index in [2.05, 4.69) is 10.2 Å². The minimum Gasteiger partial charge on any atom is -0.382 e. The first-order valence-electron chi connectivity index (χ1n) is 6.62. The van der Waals surface area contributed by atoms with Gasteiger partial charge in [0.15, 0.2) is 5.69 Å². The molecule has 0 bridgehead atoms. The number of nitrogens with two attached hydrogens (primary N) is 1. The number of aromatic nitrogens is 2. The third kappa shape index (κ3) is 2.78. The molecule has 1 amide bonds. The van der Waals surface area contributed by atoms with E-state index in [9.17, 15) is 4.79 Å². The zero-order valence-corrected chi connectivity index (χ0v) is 10.8. The molecular weight excluding hydrogens is 228 g/mol. The quantitative estimate of drug-likeness (QED) is 0.886. The average molecular weight is 248 g/mol. The zero-order valence-electron chi connectivity index (χ0n) is 10.8. The van der Waals surface area contributed by atoms with Gasteiger partial charge in [-0.3, -0.25) is 4.79 Å². The van der Waals surface area contributed by atoms with Crippen molar-refractivity contribution in [3.63, 3.8) is 0 Å². The Morgan fingerprint density at radius 2 is 2.06 bits per heavy atom. The molecule has 5 nitrogen and oxygen atoms in total. The third-order valence-corrected chi connectivity index (χ3v) is 3.52. The topological polar surface area (TPSA) is 72.1 Å². The van der Waals surface area contributed by atoms with Crippen LogP contribution in [0, 0.1) is 0 Å². The van der Waals surface area contributed by atoms with Gasteiger partial charge < -0.3 is 10.6 Å². The number of anilines is 1. The summed E-state index contributed by atoms with van der Waals surface area (Å²) in [4.78, 5) is 14.3. The molecule has 98 valence electrons. The van der Waals surface area contributed by atoms with Crippen molar-refractivity contribution < 1.29 is 4.79 Å². The third-order valence-electron chi connectivity index (χ3n) is 3.52. The lowest BCUT2D eigenvalue weighted by Crippen LogP contribution is -2.41. The first kappa shape index (κ1) is 12.8. The summed E-state index contributed by atoms with van der Waals surface area (Å²) in [5, 5.41) is 7.62. The number of carbonyl (C=O) groups excluding carboxylic acids is 1. The smallest absolute Gasteiger partial charge is 0.274 e. The van der Waals surface area contributed by atoms with E-state index in [1.165, 1.54) is 19.3 Å². The van der Waals surface area contributed by atoms with Gasteiger partial charge >= 0.3 is 0 Å². The standard InChI is InChI=1S/C13H20N4O/c1-2-17(10-6-4-3-5-7-10)13(18)11-8-9-12(14)16-15-11/h8-10H,2-7H2,1H3,(H2,14,16). The number of nitrogen functional groups attached to an aromatic ring is 1. The average Bonchev–Trinajstić information content (AvgIpc) is 2.41. The van der Waals surface area contributed by atoms with Crippen LogP contribution in [-0.4, -0.2) is 33.6 Å². The minimum absolute atomic E-state index is 0.0306. The zero-order chi connectivity index (χ0) is 13.0. The second-order valence-corrected chi connectivity index (χ2v) is 4.73. The Kier molecular flexibility index (Phi) is 4.12. The largest absolute Gasteiger partial charge is 0.382 e. The highest BCUT2D eigenvalue weighted by atomic mass is 16.2. The maximum atomic E-state index is 12.4. The van der Waals surface area contributed by atoms with E-state index in [0.29, 0.717) is 17.6 Å². The molecule has 0 spiro atoms. The predicted octanol–water partition coefficient (Wildman–Crippen LogP) is 1.85. The number of amides is 1. The lowest BCUT2D eigenvalue weighted by Gasteiger charge is -2.33. The van der Waals surface area contributed by atoms with E-state index in [0.717, 1.165) is 19.4 Å². The van der Waals surface area contributed by atoms with Crippen LogP contribution in [0.2, 0.25) is 0 Å². The molecule has 5 heteroatoms. The summed E-state index contributed by atoms with van der Waals surface area (Å²) in [5.74, 6) is 0.309. The number of rotatable bonds is 3. The summed E-state index contributed by atoms with van der Waals surface area (Å²) >= 11 is 0. The highest BCUT2D eigenvalue weighted by Crippen LogP contribution is 2.23. The molecule has 0 aliphatic heterocycles. The second kappa shape index (κ2) is 5.80. The Labute approximate surface area is 107 Å². The van der Waals surface area contributed by atoms with Crippen LogP contribution in [0.3, 0.4) is 0 Å². The molecule has 1 heterocycles. The monoisotopic (exact) mass is 248 g/mol. The van der Waals surface area contributed by atoms with Crippen LogP contribution in [0.1, 0.15) is 49.5 Å². The summed E-state index contributed by atoms with van der Waals surface area (Å²) in [6.45, 7) is 2.73. The van der Waals surface area contributed by atoms with E-state index in [-0.39, 0.29) is 5.91 Å². The van der Waals surface area contributed by atoms with Gasteiger partial charge in [-0.25, -0.2) is 0 Å². The van der Waals surface area contributed by atoms with Gasteiger partial charge in [-0.05, 0) is 31.9 Å². The summed E-state index contributed by atoms with van der Waals surface area (Å²) in [6.07, 6.45) is 5.90. The molecule has 1 fully saturated rings. The Balaban J connectivity index is 2.11. The van der Waals surface area contributed by atoms with Gasteiger partial charge in [-0.1, -0.05) is 19.3 Å². The molecule has 1 saturated carbocycles. The van der Waals surface area contributed by atoms with Crippen LogP contribution >= 0.6 is 0 Å². The van der Waals surface area contributed by atoms with Crippen molar-refractivity contribution in [2.45, 2.75) is 45.1 Å². The van der Waals surface area contributed by atoms with Crippen molar-refractivity contribution >= 4 is 11.7 Å². The molecule has 0 aromatic carbocycles. The van der Waals surface area contributed by atoms with E-state index in [1.807, 2.05) is 11.8 Å². The van der Waals surface area contributed by atoms with Gasteiger partial charge in [0, 0.05) is 12.6 Å². The normalized spacial score (nSPS) is 16.5. The van der Waals surface area contributed by atoms with E-state index in [1.54, 1.807) is 12.1 Å². The fraction of sp³-hybridized carbons (Fsp3) is 0.615. The highest BCUT2D eigenvalue weighted by molar-refractivity contribution is 5.92. The molecule has 1 aromatic rings. The fourth-order valence-electron chi connectivity index (χ4n) is 2.56. The molecule has 0 atom stereocenters. The van der Waals surface area contributed by atoms with Gasteiger partial charge in [0.2, 0.25) is 0 Å². The molecule has 1 aliphatic rings. The Morgan fingerprint density at radius 1 is 1.33 bits per heavy atom. The number of hydrogen-bond acceptors (Lipinski definition) is 4. The van der Waals surface area contributed by atoms with Crippen LogP contribution in [-0.2, 0) is 0 Å². The summed E-state index contributed by atoms with van der Waals surface area (Å²) < 4.78 is 0. The van der Waals surface area contributed by atoms with Crippen molar-refractivity contribution in [2.75, 3.05) is 12.3 Å². The van der Waals surface area contributed by atoms with Gasteiger partial charge in [0.05, 0.1) is 0 Å². The van der Waals surface area contributed by atoms with E-state index < -0.39 is 0 Å². The van der Waals surface area contributed by atoms with Crippen molar-refractivity contribution in [3.05, 3.63) is 17.8 Å². The van der Waals surface area contributed by atoms with Crippen LogP contribution < -0.4 is 5.73 Å². The maximum Gasteiger partial charge on any atom is 0.274 e. The van der Waals surface area contributed by atoms with Crippen molar-refractivity contribution in [2.24, 2.45) is 0 Å². The fourth-order valence-corrected chi connectivity index (χ4v) is 2.56. The van der Waals surface area contributed by atoms with Crippen molar-refractivity contribution in [3.8, 4) is 0 Å². The number of nitrogens with zero attached hydrogens (tertiary/aromatic N) is 3. The van der Waals surface area contributed by atoms with Gasteiger partial charge in [-0.2, -0.15) is 0 Å². The van der Waals surface area contributed by atoms with Crippen LogP contribution in [0.4, 0.5) is 5.82 Å². The molecule has 2 N–H and O–H groups in total. The van der Waals surface area contributed by atoms with E-state index >= 15 is 0 Å². The number of carbonyl (C=O) groups is 1. The molecule has 0 saturated heterocycles. The maximum absolute atomic E-state index is 12.4. The van der Waals surface area contributed by atoms with Crippen molar-refractivity contribution in [1.82, 2.24) is 15.1 Å².